The van der Waals surface area contributed by atoms with Crippen molar-refractivity contribution in [2.45, 2.75) is 25.7 Å². The summed E-state index contributed by atoms with van der Waals surface area (Å²) < 4.78 is 1.24. The lowest BCUT2D eigenvalue weighted by molar-refractivity contribution is 0.443. The molecule has 0 radical (unpaired) electrons. The standard InChI is InChI=1S/C13H18BrNS/c14-13-7-6-12(16-13)8-9-15-10-11-4-2-1-3-5-11/h1-2,6-7,11,15H,3-5,8-10H2. The zero-order valence-electron chi connectivity index (χ0n) is 9.42. The van der Waals surface area contributed by atoms with E-state index in [0.717, 1.165) is 18.9 Å². The van der Waals surface area contributed by atoms with Crippen LogP contribution in [0, 0.1) is 5.92 Å². The molecular weight excluding hydrogens is 282 g/mol. The quantitative estimate of drug-likeness (QED) is 0.640. The lowest BCUT2D eigenvalue weighted by atomic mass is 9.94. The van der Waals surface area contributed by atoms with Gasteiger partial charge in [-0.1, -0.05) is 12.2 Å². The number of hydrogen-bond donors (Lipinski definition) is 1. The molecule has 0 saturated carbocycles. The minimum absolute atomic E-state index is 0.861. The fourth-order valence-corrected chi connectivity index (χ4v) is 3.53. The Morgan fingerprint density at radius 1 is 1.38 bits per heavy atom. The summed E-state index contributed by atoms with van der Waals surface area (Å²) in [5.74, 6) is 0.861. The van der Waals surface area contributed by atoms with Crippen LogP contribution in [0.2, 0.25) is 0 Å². The highest BCUT2D eigenvalue weighted by Crippen LogP contribution is 2.22. The van der Waals surface area contributed by atoms with Gasteiger partial charge in [0.25, 0.3) is 0 Å². The molecule has 2 rings (SSSR count). The van der Waals surface area contributed by atoms with E-state index in [1.807, 2.05) is 11.3 Å². The Morgan fingerprint density at radius 3 is 3.00 bits per heavy atom. The highest BCUT2D eigenvalue weighted by atomic mass is 79.9. The molecule has 0 aliphatic heterocycles. The number of rotatable bonds is 5. The van der Waals surface area contributed by atoms with Crippen molar-refractivity contribution in [3.63, 3.8) is 0 Å². The highest BCUT2D eigenvalue weighted by Gasteiger charge is 2.08. The molecule has 1 aromatic rings. The number of allylic oxidation sites excluding steroid dienone is 2. The van der Waals surface area contributed by atoms with E-state index in [4.69, 9.17) is 0 Å². The van der Waals surface area contributed by atoms with Crippen LogP contribution in [-0.4, -0.2) is 13.1 Å². The van der Waals surface area contributed by atoms with E-state index in [2.05, 4.69) is 45.5 Å². The molecule has 3 heteroatoms. The third kappa shape index (κ3) is 4.04. The Morgan fingerprint density at radius 2 is 2.31 bits per heavy atom. The van der Waals surface area contributed by atoms with Crippen molar-refractivity contribution in [1.29, 1.82) is 0 Å². The molecule has 1 aromatic heterocycles. The van der Waals surface area contributed by atoms with E-state index in [1.165, 1.54) is 34.5 Å². The smallest absolute Gasteiger partial charge is 0.0701 e. The summed E-state index contributed by atoms with van der Waals surface area (Å²) in [5, 5.41) is 3.57. The van der Waals surface area contributed by atoms with E-state index in [0.29, 0.717) is 0 Å². The van der Waals surface area contributed by atoms with Gasteiger partial charge in [-0.05, 0) is 72.8 Å². The van der Waals surface area contributed by atoms with Crippen molar-refractivity contribution in [2.24, 2.45) is 5.92 Å². The van der Waals surface area contributed by atoms with Crippen LogP contribution in [-0.2, 0) is 6.42 Å². The Hall–Kier alpha value is -0.120. The van der Waals surface area contributed by atoms with Crippen molar-refractivity contribution < 1.29 is 0 Å². The normalized spacial score (nSPS) is 20.2. The van der Waals surface area contributed by atoms with Crippen molar-refractivity contribution in [2.75, 3.05) is 13.1 Å². The van der Waals surface area contributed by atoms with Crippen molar-refractivity contribution >= 4 is 27.3 Å². The molecule has 1 atom stereocenters. The van der Waals surface area contributed by atoms with E-state index in [1.54, 1.807) is 0 Å². The SMILES string of the molecule is Brc1ccc(CCNCC2CC=CCC2)s1. The lowest BCUT2D eigenvalue weighted by Crippen LogP contribution is -2.25. The average Bonchev–Trinajstić information content (AvgIpc) is 2.72. The molecule has 1 aliphatic rings. The van der Waals surface area contributed by atoms with Crippen molar-refractivity contribution in [1.82, 2.24) is 5.32 Å². The van der Waals surface area contributed by atoms with Crippen LogP contribution in [0.4, 0.5) is 0 Å². The maximum absolute atomic E-state index is 3.57. The Balaban J connectivity index is 1.59. The maximum Gasteiger partial charge on any atom is 0.0701 e. The lowest BCUT2D eigenvalue weighted by Gasteiger charge is -2.17. The Kier molecular flexibility index (Phi) is 5.07. The van der Waals surface area contributed by atoms with E-state index in [9.17, 15) is 0 Å². The number of thiophene rings is 1. The molecule has 1 unspecified atom stereocenters. The second-order valence-corrected chi connectivity index (χ2v) is 6.86. The molecule has 0 fully saturated rings. The van der Waals surface area contributed by atoms with Gasteiger partial charge in [0.05, 0.1) is 3.79 Å². The number of nitrogens with one attached hydrogen (secondary N) is 1. The first-order valence-corrected chi connectivity index (χ1v) is 7.55. The molecule has 0 amide bonds. The van der Waals surface area contributed by atoms with Gasteiger partial charge in [-0.25, -0.2) is 0 Å². The summed E-state index contributed by atoms with van der Waals surface area (Å²) in [7, 11) is 0. The van der Waals surface area contributed by atoms with E-state index >= 15 is 0 Å². The highest BCUT2D eigenvalue weighted by molar-refractivity contribution is 9.11. The molecule has 0 saturated heterocycles. The minimum atomic E-state index is 0.861. The largest absolute Gasteiger partial charge is 0.316 e. The maximum atomic E-state index is 3.57. The molecule has 1 aliphatic carbocycles. The van der Waals surface area contributed by atoms with Crippen LogP contribution < -0.4 is 5.32 Å². The van der Waals surface area contributed by atoms with Gasteiger partial charge >= 0.3 is 0 Å². The zero-order chi connectivity index (χ0) is 11.2. The molecule has 0 aromatic carbocycles. The first-order chi connectivity index (χ1) is 7.84. The van der Waals surface area contributed by atoms with Gasteiger partial charge in [0, 0.05) is 4.88 Å². The Bertz CT molecular complexity index is 345. The fourth-order valence-electron chi connectivity index (χ4n) is 2.05. The summed E-state index contributed by atoms with van der Waals surface area (Å²) in [6.07, 6.45) is 9.67. The van der Waals surface area contributed by atoms with Crippen LogP contribution in [0.1, 0.15) is 24.1 Å². The van der Waals surface area contributed by atoms with Gasteiger partial charge < -0.3 is 5.32 Å². The Labute approximate surface area is 110 Å². The van der Waals surface area contributed by atoms with E-state index < -0.39 is 0 Å². The van der Waals surface area contributed by atoms with Crippen molar-refractivity contribution in [3.05, 3.63) is 32.9 Å². The van der Waals surface area contributed by atoms with Crippen LogP contribution in [0.25, 0.3) is 0 Å². The summed E-state index contributed by atoms with van der Waals surface area (Å²) in [6.45, 7) is 2.28. The van der Waals surface area contributed by atoms with Crippen LogP contribution in [0.15, 0.2) is 28.1 Å². The minimum Gasteiger partial charge on any atom is -0.316 e. The monoisotopic (exact) mass is 299 g/mol. The molecule has 88 valence electrons. The third-order valence-electron chi connectivity index (χ3n) is 2.99. The topological polar surface area (TPSA) is 12.0 Å². The fraction of sp³-hybridized carbons (Fsp3) is 0.538. The summed E-state index contributed by atoms with van der Waals surface area (Å²) in [6, 6.07) is 4.34. The summed E-state index contributed by atoms with van der Waals surface area (Å²) in [5.41, 5.74) is 0. The molecule has 0 spiro atoms. The predicted octanol–water partition coefficient (Wildman–Crippen LogP) is 4.00. The van der Waals surface area contributed by atoms with Crippen LogP contribution in [0.5, 0.6) is 0 Å². The first-order valence-electron chi connectivity index (χ1n) is 5.94. The third-order valence-corrected chi connectivity index (χ3v) is 4.67. The molecule has 16 heavy (non-hydrogen) atoms. The molecule has 1 heterocycles. The van der Waals surface area contributed by atoms with Gasteiger partial charge in [0.15, 0.2) is 0 Å². The van der Waals surface area contributed by atoms with Crippen molar-refractivity contribution in [3.8, 4) is 0 Å². The second kappa shape index (κ2) is 6.58. The molecule has 0 bridgehead atoms. The average molecular weight is 300 g/mol. The zero-order valence-corrected chi connectivity index (χ0v) is 11.8. The van der Waals surface area contributed by atoms with Crippen LogP contribution in [0.3, 0.4) is 0 Å². The van der Waals surface area contributed by atoms with Crippen LogP contribution >= 0.6 is 27.3 Å². The molecular formula is C13H18BrNS. The van der Waals surface area contributed by atoms with E-state index in [-0.39, 0.29) is 0 Å². The second-order valence-electron chi connectivity index (χ2n) is 4.31. The molecule has 1 nitrogen and oxygen atoms in total. The van der Waals surface area contributed by atoms with Gasteiger partial charge in [0.1, 0.15) is 0 Å². The van der Waals surface area contributed by atoms with Gasteiger partial charge in [-0.2, -0.15) is 0 Å². The summed E-state index contributed by atoms with van der Waals surface area (Å²) >= 11 is 5.33. The predicted molar refractivity (Wildman–Crippen MR) is 75.1 cm³/mol. The van der Waals surface area contributed by atoms with Gasteiger partial charge in [-0.3, -0.25) is 0 Å². The molecule has 1 N–H and O–H groups in total. The number of hydrogen-bond acceptors (Lipinski definition) is 2. The van der Waals surface area contributed by atoms with Gasteiger partial charge in [0.2, 0.25) is 0 Å². The summed E-state index contributed by atoms with van der Waals surface area (Å²) in [4.78, 5) is 1.46. The number of halogens is 1. The first kappa shape index (κ1) is 12.3. The van der Waals surface area contributed by atoms with Gasteiger partial charge in [-0.15, -0.1) is 11.3 Å².